The molecule has 0 spiro atoms. The summed E-state index contributed by atoms with van der Waals surface area (Å²) in [4.78, 5) is 37.5. The van der Waals surface area contributed by atoms with Gasteiger partial charge in [-0.05, 0) is 107 Å². The van der Waals surface area contributed by atoms with Gasteiger partial charge in [0.05, 0.1) is 13.7 Å². The molecule has 1 saturated heterocycles. The molecule has 1 aliphatic heterocycles. The minimum Gasteiger partial charge on any atom is -0.493 e. The topological polar surface area (TPSA) is 127 Å². The molecular weight excluding hydrogens is 651 g/mol. The van der Waals surface area contributed by atoms with Gasteiger partial charge in [-0.25, -0.2) is 14.2 Å². The van der Waals surface area contributed by atoms with Crippen LogP contribution in [-0.2, 0) is 0 Å². The van der Waals surface area contributed by atoms with Crippen LogP contribution in [0.5, 0.6) is 17.2 Å². The van der Waals surface area contributed by atoms with E-state index in [-0.39, 0.29) is 41.0 Å². The van der Waals surface area contributed by atoms with Gasteiger partial charge in [-0.2, -0.15) is 4.98 Å². The number of piperidine rings is 1. The zero-order valence-electron chi connectivity index (χ0n) is 30.0. The Balaban J connectivity index is 1.27. The summed E-state index contributed by atoms with van der Waals surface area (Å²) in [6.45, 7) is 11.5. The summed E-state index contributed by atoms with van der Waals surface area (Å²) in [7, 11) is 1.45. The van der Waals surface area contributed by atoms with Crippen LogP contribution in [0.3, 0.4) is 0 Å². The van der Waals surface area contributed by atoms with Crippen LogP contribution in [0.25, 0.3) is 11.1 Å². The Labute approximate surface area is 298 Å². The van der Waals surface area contributed by atoms with E-state index >= 15 is 0 Å². The van der Waals surface area contributed by atoms with Gasteiger partial charge in [0.15, 0.2) is 23.1 Å². The van der Waals surface area contributed by atoms with Gasteiger partial charge in [-0.15, -0.1) is 0 Å². The van der Waals surface area contributed by atoms with Crippen molar-refractivity contribution in [2.45, 2.75) is 65.8 Å². The van der Waals surface area contributed by atoms with Crippen molar-refractivity contribution in [3.8, 4) is 28.4 Å². The van der Waals surface area contributed by atoms with Gasteiger partial charge < -0.3 is 29.7 Å². The number of hydrogen-bond donors (Lipinski definition) is 3. The molecule has 2 amide bonds. The Kier molecular flexibility index (Phi) is 12.8. The summed E-state index contributed by atoms with van der Waals surface area (Å²) in [5.74, 6) is 0.0263. The van der Waals surface area contributed by atoms with Crippen molar-refractivity contribution >= 4 is 29.5 Å². The maximum atomic E-state index is 14.9. The first-order chi connectivity index (χ1) is 24.6. The largest absolute Gasteiger partial charge is 0.493 e. The Bertz CT molecular complexity index is 1830. The quantitative estimate of drug-likeness (QED) is 0.112. The molecule has 1 fully saturated rings. The van der Waals surface area contributed by atoms with Crippen molar-refractivity contribution in [3.05, 3.63) is 83.3 Å². The Hall–Kier alpha value is -5.23. The number of rotatable bonds is 14. The number of carbonyl (C=O) groups excluding carboxylic acids is 2. The molecule has 2 heterocycles. The molecule has 1 aliphatic rings. The number of carbonyl (C=O) groups is 2. The van der Waals surface area contributed by atoms with Crippen LogP contribution >= 0.6 is 0 Å². The number of likely N-dealkylation sites (tertiary alicyclic amines) is 1. The highest BCUT2D eigenvalue weighted by Crippen LogP contribution is 2.41. The van der Waals surface area contributed by atoms with Crippen molar-refractivity contribution in [2.24, 2.45) is 0 Å². The molecule has 4 aromatic rings. The molecule has 51 heavy (non-hydrogen) atoms. The van der Waals surface area contributed by atoms with Crippen molar-refractivity contribution in [2.75, 3.05) is 44.0 Å². The standard InChI is InChI=1S/C39H47FN6O5/c1-6-26(3)42-37(47)28-22-31(30-13-10-12-25(2)27(30)4)36(34(23-28)49-5)51-39(48)45-35-16-17-41-38(44-35)43-29-14-15-33(32(40)24-29)50-21-11-20-46-18-8-7-9-19-46/h10,12-17,22-24,26H,6-9,11,18-21H2,1-5H3,(H,42,47)(H2,41,43,44,45,48). The smallest absolute Gasteiger partial charge is 0.418 e. The minimum atomic E-state index is -0.839. The van der Waals surface area contributed by atoms with E-state index in [0.717, 1.165) is 49.2 Å². The Morgan fingerprint density at radius 2 is 1.80 bits per heavy atom. The lowest BCUT2D eigenvalue weighted by Gasteiger charge is -2.26. The van der Waals surface area contributed by atoms with E-state index < -0.39 is 11.9 Å². The molecule has 1 atom stereocenters. The molecule has 0 saturated carbocycles. The van der Waals surface area contributed by atoms with Crippen LogP contribution in [0.2, 0.25) is 0 Å². The molecule has 11 nitrogen and oxygen atoms in total. The zero-order valence-corrected chi connectivity index (χ0v) is 30.0. The van der Waals surface area contributed by atoms with Gasteiger partial charge in [-0.1, -0.05) is 31.5 Å². The number of amides is 2. The lowest BCUT2D eigenvalue weighted by molar-refractivity contribution is 0.0939. The van der Waals surface area contributed by atoms with E-state index in [4.69, 9.17) is 14.2 Å². The van der Waals surface area contributed by atoms with Crippen LogP contribution in [0.15, 0.2) is 60.8 Å². The van der Waals surface area contributed by atoms with E-state index in [9.17, 15) is 14.0 Å². The number of nitrogens with zero attached hydrogens (tertiary/aromatic N) is 3. The average Bonchev–Trinajstić information content (AvgIpc) is 3.12. The molecule has 3 aromatic carbocycles. The number of halogens is 1. The number of nitrogens with one attached hydrogen (secondary N) is 3. The number of anilines is 3. The van der Waals surface area contributed by atoms with Crippen LogP contribution < -0.4 is 30.2 Å². The molecule has 0 aliphatic carbocycles. The first-order valence-corrected chi connectivity index (χ1v) is 17.5. The van der Waals surface area contributed by atoms with E-state index in [2.05, 4.69) is 30.8 Å². The zero-order chi connectivity index (χ0) is 36.3. The second kappa shape index (κ2) is 17.6. The number of aromatic nitrogens is 2. The minimum absolute atomic E-state index is 0.0296. The summed E-state index contributed by atoms with van der Waals surface area (Å²) in [5, 5.41) is 8.58. The SMILES string of the molecule is CCC(C)NC(=O)c1cc(OC)c(OC(=O)Nc2ccnc(Nc3ccc(OCCCN4CCCCC4)c(F)c3)n2)c(-c2cccc(C)c2C)c1. The molecule has 0 bridgehead atoms. The predicted octanol–water partition coefficient (Wildman–Crippen LogP) is 8.05. The number of hydrogen-bond acceptors (Lipinski definition) is 9. The van der Waals surface area contributed by atoms with Gasteiger partial charge in [0, 0.05) is 41.7 Å². The molecule has 1 aromatic heterocycles. The van der Waals surface area contributed by atoms with Crippen LogP contribution in [-0.4, -0.2) is 66.3 Å². The number of aryl methyl sites for hydroxylation is 1. The summed E-state index contributed by atoms with van der Waals surface area (Å²) in [5.41, 5.74) is 4.06. The van der Waals surface area contributed by atoms with Crippen molar-refractivity contribution < 1.29 is 28.2 Å². The van der Waals surface area contributed by atoms with Gasteiger partial charge >= 0.3 is 6.09 Å². The molecule has 1 unspecified atom stereocenters. The monoisotopic (exact) mass is 698 g/mol. The summed E-state index contributed by atoms with van der Waals surface area (Å²) in [6, 6.07) is 15.1. The van der Waals surface area contributed by atoms with Gasteiger partial charge in [0.1, 0.15) is 5.82 Å². The molecule has 270 valence electrons. The first-order valence-electron chi connectivity index (χ1n) is 17.5. The van der Waals surface area contributed by atoms with Gasteiger partial charge in [0.25, 0.3) is 5.91 Å². The van der Waals surface area contributed by atoms with Crippen LogP contribution in [0, 0.1) is 19.7 Å². The van der Waals surface area contributed by atoms with Crippen LogP contribution in [0.1, 0.15) is 67.4 Å². The van der Waals surface area contributed by atoms with E-state index in [0.29, 0.717) is 23.4 Å². The van der Waals surface area contributed by atoms with Crippen molar-refractivity contribution in [1.82, 2.24) is 20.2 Å². The Morgan fingerprint density at radius 1 is 1.00 bits per heavy atom. The molecule has 3 N–H and O–H groups in total. The predicted molar refractivity (Wildman–Crippen MR) is 197 cm³/mol. The fraction of sp³-hybridized carbons (Fsp3) is 0.385. The van der Waals surface area contributed by atoms with E-state index in [1.807, 2.05) is 45.9 Å². The summed E-state index contributed by atoms with van der Waals surface area (Å²) in [6.07, 6.45) is 5.97. The average molecular weight is 699 g/mol. The maximum absolute atomic E-state index is 14.9. The molecule has 0 radical (unpaired) electrons. The number of methoxy groups -OCH3 is 1. The lowest BCUT2D eigenvalue weighted by Crippen LogP contribution is -2.32. The summed E-state index contributed by atoms with van der Waals surface area (Å²) < 4.78 is 32.1. The highest BCUT2D eigenvalue weighted by Gasteiger charge is 2.23. The Morgan fingerprint density at radius 3 is 2.55 bits per heavy atom. The molecular formula is C39H47FN6O5. The van der Waals surface area contributed by atoms with E-state index in [1.54, 1.807) is 24.3 Å². The highest BCUT2D eigenvalue weighted by molar-refractivity contribution is 5.98. The van der Waals surface area contributed by atoms with Crippen molar-refractivity contribution in [1.29, 1.82) is 0 Å². The van der Waals surface area contributed by atoms with Gasteiger partial charge in [0.2, 0.25) is 5.95 Å². The number of benzene rings is 3. The fourth-order valence-corrected chi connectivity index (χ4v) is 5.83. The normalized spacial score (nSPS) is 13.6. The first kappa shape index (κ1) is 37.0. The summed E-state index contributed by atoms with van der Waals surface area (Å²) >= 11 is 0. The number of ether oxygens (including phenoxy) is 3. The van der Waals surface area contributed by atoms with E-state index in [1.165, 1.54) is 44.7 Å². The second-order valence-corrected chi connectivity index (χ2v) is 12.7. The molecule has 5 rings (SSSR count). The van der Waals surface area contributed by atoms with Crippen LogP contribution in [0.4, 0.5) is 26.6 Å². The fourth-order valence-electron chi connectivity index (χ4n) is 5.83. The third kappa shape index (κ3) is 9.94. The second-order valence-electron chi connectivity index (χ2n) is 12.7. The van der Waals surface area contributed by atoms with Crippen molar-refractivity contribution in [3.63, 3.8) is 0 Å². The third-order valence-corrected chi connectivity index (χ3v) is 9.02. The highest BCUT2D eigenvalue weighted by atomic mass is 19.1. The van der Waals surface area contributed by atoms with Gasteiger partial charge in [-0.3, -0.25) is 10.1 Å². The maximum Gasteiger partial charge on any atom is 0.418 e. The molecule has 12 heteroatoms. The lowest BCUT2D eigenvalue weighted by atomic mass is 9.94. The third-order valence-electron chi connectivity index (χ3n) is 9.02.